The molecule has 166 valence electrons. The van der Waals surface area contributed by atoms with E-state index in [0.717, 1.165) is 17.5 Å². The molecule has 3 atom stereocenters. The van der Waals surface area contributed by atoms with Gasteiger partial charge in [-0.15, -0.1) is 0 Å². The summed E-state index contributed by atoms with van der Waals surface area (Å²) in [5, 5.41) is 0. The summed E-state index contributed by atoms with van der Waals surface area (Å²) in [7, 11) is 0. The highest BCUT2D eigenvalue weighted by Crippen LogP contribution is 2.38. The predicted molar refractivity (Wildman–Crippen MR) is 119 cm³/mol. The van der Waals surface area contributed by atoms with Crippen molar-refractivity contribution in [1.29, 1.82) is 0 Å². The monoisotopic (exact) mass is 424 g/mol. The van der Waals surface area contributed by atoms with Crippen molar-refractivity contribution in [1.82, 2.24) is 0 Å². The summed E-state index contributed by atoms with van der Waals surface area (Å²) in [6, 6.07) is 19.7. The van der Waals surface area contributed by atoms with Crippen molar-refractivity contribution in [2.45, 2.75) is 51.6 Å². The Morgan fingerprint density at radius 3 is 2.06 bits per heavy atom. The van der Waals surface area contributed by atoms with E-state index >= 15 is 0 Å². The van der Waals surface area contributed by atoms with E-state index in [1.54, 1.807) is 0 Å². The van der Waals surface area contributed by atoms with Crippen LogP contribution < -0.4 is 0 Å². The zero-order valence-electron chi connectivity index (χ0n) is 18.4. The Kier molecular flexibility index (Phi) is 8.55. The molecule has 0 spiro atoms. The van der Waals surface area contributed by atoms with Crippen molar-refractivity contribution in [3.8, 4) is 0 Å². The highest BCUT2D eigenvalue weighted by molar-refractivity contribution is 5.95. The molecule has 1 aliphatic rings. The maximum Gasteiger partial charge on any atom is 0.197 e. The molecule has 2 aromatic carbocycles. The topological polar surface area (TPSA) is 54.0 Å². The molecular weight excluding hydrogens is 392 g/mol. The number of rotatable bonds is 11. The van der Waals surface area contributed by atoms with Gasteiger partial charge >= 0.3 is 0 Å². The van der Waals surface area contributed by atoms with Gasteiger partial charge in [-0.2, -0.15) is 0 Å². The van der Waals surface area contributed by atoms with Crippen molar-refractivity contribution >= 4 is 5.78 Å². The first kappa shape index (κ1) is 23.4. The van der Waals surface area contributed by atoms with E-state index in [2.05, 4.69) is 6.58 Å². The van der Waals surface area contributed by atoms with Crippen LogP contribution >= 0.6 is 0 Å². The Labute approximate surface area is 185 Å². The molecule has 1 saturated carbocycles. The molecule has 31 heavy (non-hydrogen) atoms. The van der Waals surface area contributed by atoms with Gasteiger partial charge in [-0.25, -0.2) is 0 Å². The zero-order chi connectivity index (χ0) is 22.1. The summed E-state index contributed by atoms with van der Waals surface area (Å²) >= 11 is 0. The zero-order valence-corrected chi connectivity index (χ0v) is 18.4. The second-order valence-electron chi connectivity index (χ2n) is 8.12. The molecule has 5 heteroatoms. The first-order valence-corrected chi connectivity index (χ1v) is 10.7. The number of hydrogen-bond donors (Lipinski definition) is 0. The van der Waals surface area contributed by atoms with E-state index in [0.29, 0.717) is 25.2 Å². The van der Waals surface area contributed by atoms with Gasteiger partial charge in [0.25, 0.3) is 0 Å². The Hall–Kier alpha value is -2.31. The number of ether oxygens (including phenoxy) is 4. The lowest BCUT2D eigenvalue weighted by Crippen LogP contribution is -2.55. The molecule has 2 aromatic rings. The van der Waals surface area contributed by atoms with Crippen LogP contribution in [0.2, 0.25) is 0 Å². The lowest BCUT2D eigenvalue weighted by molar-refractivity contribution is -0.191. The predicted octanol–water partition coefficient (Wildman–Crippen LogP) is 5.05. The fourth-order valence-electron chi connectivity index (χ4n) is 3.86. The van der Waals surface area contributed by atoms with Gasteiger partial charge in [-0.3, -0.25) is 4.79 Å². The minimum absolute atomic E-state index is 0.0130. The highest BCUT2D eigenvalue weighted by Gasteiger charge is 2.50. The van der Waals surface area contributed by atoms with Crippen LogP contribution in [-0.4, -0.2) is 31.1 Å². The lowest BCUT2D eigenvalue weighted by atomic mass is 9.73. The third-order valence-electron chi connectivity index (χ3n) is 5.76. The van der Waals surface area contributed by atoms with Crippen molar-refractivity contribution in [3.05, 3.63) is 83.9 Å². The largest absolute Gasteiger partial charge is 0.351 e. The molecule has 0 N–H and O–H groups in total. The standard InChI is InChI=1S/C26H32O5/c1-20(2)26(31-19-29-17-23-12-8-5-9-13-23)15-14-21(3)24(25(26)27)30-18-28-16-22-10-6-4-7-11-22/h4-13,21,24H,1,14-19H2,2-3H3. The molecule has 0 aromatic heterocycles. The SMILES string of the molecule is C=C(C)C1(OCOCc2ccccc2)CCC(C)C(OCOCc2ccccc2)C1=O. The molecule has 0 aliphatic heterocycles. The third kappa shape index (κ3) is 6.11. The maximum atomic E-state index is 13.4. The Bertz CT molecular complexity index is 835. The van der Waals surface area contributed by atoms with Crippen molar-refractivity contribution in [3.63, 3.8) is 0 Å². The quantitative estimate of drug-likeness (QED) is 0.287. The summed E-state index contributed by atoms with van der Waals surface area (Å²) in [5.74, 6) is -0.0282. The van der Waals surface area contributed by atoms with Crippen molar-refractivity contribution < 1.29 is 23.7 Å². The maximum absolute atomic E-state index is 13.4. The van der Waals surface area contributed by atoms with E-state index in [4.69, 9.17) is 18.9 Å². The van der Waals surface area contributed by atoms with Gasteiger partial charge in [-0.05, 0) is 42.4 Å². The minimum Gasteiger partial charge on any atom is -0.351 e. The summed E-state index contributed by atoms with van der Waals surface area (Å²) in [6.45, 7) is 8.81. The Morgan fingerprint density at radius 2 is 1.52 bits per heavy atom. The first-order chi connectivity index (χ1) is 15.0. The number of benzene rings is 2. The molecule has 3 rings (SSSR count). The van der Waals surface area contributed by atoms with Crippen LogP contribution in [0.25, 0.3) is 0 Å². The molecule has 0 bridgehead atoms. The van der Waals surface area contributed by atoms with Gasteiger partial charge in [-0.1, -0.05) is 74.2 Å². The van der Waals surface area contributed by atoms with E-state index < -0.39 is 11.7 Å². The smallest absolute Gasteiger partial charge is 0.197 e. The second kappa shape index (κ2) is 11.3. The molecule has 1 fully saturated rings. The molecule has 0 amide bonds. The van der Waals surface area contributed by atoms with Gasteiger partial charge < -0.3 is 18.9 Å². The Morgan fingerprint density at radius 1 is 0.968 bits per heavy atom. The minimum atomic E-state index is -1.09. The fraction of sp³-hybridized carbons (Fsp3) is 0.423. The van der Waals surface area contributed by atoms with E-state index in [1.165, 1.54) is 0 Å². The van der Waals surface area contributed by atoms with Crippen LogP contribution in [0.15, 0.2) is 72.8 Å². The molecular formula is C26H32O5. The molecule has 3 unspecified atom stereocenters. The van der Waals surface area contributed by atoms with Crippen LogP contribution in [0.3, 0.4) is 0 Å². The van der Waals surface area contributed by atoms with E-state index in [-0.39, 0.29) is 25.3 Å². The van der Waals surface area contributed by atoms with Crippen LogP contribution in [0.5, 0.6) is 0 Å². The lowest BCUT2D eigenvalue weighted by Gasteiger charge is -2.42. The number of hydrogen-bond acceptors (Lipinski definition) is 5. The number of carbonyl (C=O) groups is 1. The average molecular weight is 425 g/mol. The summed E-state index contributed by atoms with van der Waals surface area (Å²) < 4.78 is 23.2. The average Bonchev–Trinajstić information content (AvgIpc) is 2.79. The number of carbonyl (C=O) groups excluding carboxylic acids is 1. The molecule has 0 heterocycles. The van der Waals surface area contributed by atoms with Gasteiger partial charge in [0.05, 0.1) is 13.2 Å². The van der Waals surface area contributed by atoms with E-state index in [9.17, 15) is 4.79 Å². The first-order valence-electron chi connectivity index (χ1n) is 10.7. The summed E-state index contributed by atoms with van der Waals surface area (Å²) in [4.78, 5) is 13.4. The number of Topliss-reactive ketones (excluding diaryl/α,β-unsaturated/α-hetero) is 1. The van der Waals surface area contributed by atoms with Gasteiger partial charge in [0.1, 0.15) is 19.7 Å². The van der Waals surface area contributed by atoms with Crippen LogP contribution in [0, 0.1) is 5.92 Å². The normalized spacial score (nSPS) is 23.6. The summed E-state index contributed by atoms with van der Waals surface area (Å²) in [5.41, 5.74) is 1.69. The molecule has 0 saturated heterocycles. The summed E-state index contributed by atoms with van der Waals surface area (Å²) in [6.07, 6.45) is 0.762. The van der Waals surface area contributed by atoms with Crippen LogP contribution in [0.1, 0.15) is 37.8 Å². The van der Waals surface area contributed by atoms with Gasteiger partial charge in [0, 0.05) is 0 Å². The highest BCUT2D eigenvalue weighted by atomic mass is 16.7. The third-order valence-corrected chi connectivity index (χ3v) is 5.76. The molecule has 5 nitrogen and oxygen atoms in total. The van der Waals surface area contributed by atoms with Crippen LogP contribution in [-0.2, 0) is 37.0 Å². The van der Waals surface area contributed by atoms with Crippen molar-refractivity contribution in [2.24, 2.45) is 5.92 Å². The molecule has 1 aliphatic carbocycles. The molecule has 0 radical (unpaired) electrons. The number of ketones is 1. The van der Waals surface area contributed by atoms with Crippen LogP contribution in [0.4, 0.5) is 0 Å². The fourth-order valence-corrected chi connectivity index (χ4v) is 3.86. The second-order valence-corrected chi connectivity index (χ2v) is 8.12. The van der Waals surface area contributed by atoms with Gasteiger partial charge in [0.2, 0.25) is 0 Å². The van der Waals surface area contributed by atoms with Gasteiger partial charge in [0.15, 0.2) is 11.4 Å². The van der Waals surface area contributed by atoms with Crippen molar-refractivity contribution in [2.75, 3.05) is 13.6 Å². The van der Waals surface area contributed by atoms with E-state index in [1.807, 2.05) is 74.5 Å². The Balaban J connectivity index is 1.54.